The molecule has 3 rings (SSSR count). The number of benzene rings is 1. The van der Waals surface area contributed by atoms with Gasteiger partial charge in [-0.05, 0) is 30.5 Å². The van der Waals surface area contributed by atoms with E-state index in [1.165, 1.54) is 0 Å². The molecule has 2 amide bonds. The summed E-state index contributed by atoms with van der Waals surface area (Å²) in [6, 6.07) is 7.38. The smallest absolute Gasteiger partial charge is 0.249 e. The third kappa shape index (κ3) is 3.99. The van der Waals surface area contributed by atoms with Gasteiger partial charge in [-0.2, -0.15) is 5.10 Å². The molecule has 0 unspecified atom stereocenters. The lowest BCUT2D eigenvalue weighted by atomic mass is 10.0. The van der Waals surface area contributed by atoms with Crippen molar-refractivity contribution in [1.29, 1.82) is 0 Å². The quantitative estimate of drug-likeness (QED) is 0.860. The van der Waals surface area contributed by atoms with Gasteiger partial charge in [0.2, 0.25) is 11.8 Å². The molecule has 0 bridgehead atoms. The van der Waals surface area contributed by atoms with Gasteiger partial charge < -0.3 is 15.5 Å². The predicted octanol–water partition coefficient (Wildman–Crippen LogP) is 1.32. The second-order valence-electron chi connectivity index (χ2n) is 6.25. The topological polar surface area (TPSA) is 79.3 Å². The molecule has 7 nitrogen and oxygen atoms in total. The van der Waals surface area contributed by atoms with Gasteiger partial charge in [0.05, 0.1) is 18.3 Å². The zero-order valence-corrected chi connectivity index (χ0v) is 14.5. The molecule has 1 aromatic carbocycles. The van der Waals surface area contributed by atoms with Gasteiger partial charge in [-0.1, -0.05) is 12.1 Å². The second-order valence-corrected chi connectivity index (χ2v) is 6.25. The third-order valence-corrected chi connectivity index (χ3v) is 4.38. The maximum atomic E-state index is 12.8. The number of amides is 2. The third-order valence-electron chi connectivity index (χ3n) is 4.38. The van der Waals surface area contributed by atoms with Crippen LogP contribution in [-0.2, 0) is 23.1 Å². The fraction of sp³-hybridized carbons (Fsp3) is 0.389. The van der Waals surface area contributed by atoms with Crippen molar-refractivity contribution in [1.82, 2.24) is 15.1 Å². The van der Waals surface area contributed by atoms with Crippen LogP contribution in [0.1, 0.15) is 18.4 Å². The van der Waals surface area contributed by atoms with E-state index in [2.05, 4.69) is 15.7 Å². The van der Waals surface area contributed by atoms with Crippen LogP contribution in [0.5, 0.6) is 0 Å². The number of aromatic nitrogens is 2. The number of piperidine rings is 1. The van der Waals surface area contributed by atoms with E-state index in [4.69, 9.17) is 0 Å². The van der Waals surface area contributed by atoms with Crippen molar-refractivity contribution in [3.05, 3.63) is 42.2 Å². The molecule has 0 radical (unpaired) electrons. The molecule has 0 spiro atoms. The zero-order chi connectivity index (χ0) is 17.8. The Morgan fingerprint density at radius 1 is 1.32 bits per heavy atom. The van der Waals surface area contributed by atoms with Gasteiger partial charge in [-0.3, -0.25) is 14.3 Å². The van der Waals surface area contributed by atoms with Crippen LogP contribution in [0.4, 0.5) is 11.4 Å². The van der Waals surface area contributed by atoms with Gasteiger partial charge in [-0.25, -0.2) is 0 Å². The molecule has 1 aromatic heterocycles. The maximum absolute atomic E-state index is 12.8. The van der Waals surface area contributed by atoms with Gasteiger partial charge in [-0.15, -0.1) is 0 Å². The van der Waals surface area contributed by atoms with Gasteiger partial charge in [0, 0.05) is 32.5 Å². The lowest BCUT2D eigenvalue weighted by molar-refractivity contribution is -0.121. The predicted molar refractivity (Wildman–Crippen MR) is 96.4 cm³/mol. The summed E-state index contributed by atoms with van der Waals surface area (Å²) < 4.78 is 1.70. The van der Waals surface area contributed by atoms with Crippen LogP contribution in [0, 0.1) is 0 Å². The van der Waals surface area contributed by atoms with E-state index in [9.17, 15) is 9.59 Å². The van der Waals surface area contributed by atoms with E-state index >= 15 is 0 Å². The highest BCUT2D eigenvalue weighted by molar-refractivity contribution is 5.99. The zero-order valence-electron chi connectivity index (χ0n) is 14.5. The van der Waals surface area contributed by atoms with Crippen LogP contribution in [0.3, 0.4) is 0 Å². The summed E-state index contributed by atoms with van der Waals surface area (Å²) in [4.78, 5) is 26.0. The SMILES string of the molecule is CNC(=O)Cc1ccc(N[C@@H]2CCCN(c3cnn(C)c3)C2=O)cc1. The van der Waals surface area contributed by atoms with Crippen LogP contribution >= 0.6 is 0 Å². The number of hydrogen-bond donors (Lipinski definition) is 2. The summed E-state index contributed by atoms with van der Waals surface area (Å²) in [6.07, 6.45) is 5.66. The number of rotatable bonds is 5. The molecule has 1 aliphatic rings. The number of carbonyl (C=O) groups is 2. The molecule has 2 aromatic rings. The second kappa shape index (κ2) is 7.38. The Labute approximate surface area is 147 Å². The molecule has 1 saturated heterocycles. The van der Waals surface area contributed by atoms with E-state index in [-0.39, 0.29) is 17.9 Å². The molecule has 2 heterocycles. The molecular weight excluding hydrogens is 318 g/mol. The summed E-state index contributed by atoms with van der Waals surface area (Å²) in [7, 11) is 3.47. The highest BCUT2D eigenvalue weighted by atomic mass is 16.2. The van der Waals surface area contributed by atoms with E-state index in [0.717, 1.165) is 29.8 Å². The van der Waals surface area contributed by atoms with Gasteiger partial charge in [0.25, 0.3) is 0 Å². The number of carbonyl (C=O) groups excluding carboxylic acids is 2. The minimum atomic E-state index is -0.251. The average molecular weight is 341 g/mol. The van der Waals surface area contributed by atoms with E-state index in [0.29, 0.717) is 13.0 Å². The molecule has 1 fully saturated rings. The van der Waals surface area contributed by atoms with Crippen molar-refractivity contribution < 1.29 is 9.59 Å². The fourth-order valence-electron chi connectivity index (χ4n) is 3.01. The van der Waals surface area contributed by atoms with Crippen LogP contribution in [0.15, 0.2) is 36.7 Å². The summed E-state index contributed by atoms with van der Waals surface area (Å²) >= 11 is 0. The molecule has 1 atom stereocenters. The molecular formula is C18H23N5O2. The molecule has 132 valence electrons. The number of nitrogens with zero attached hydrogens (tertiary/aromatic N) is 3. The monoisotopic (exact) mass is 341 g/mol. The van der Waals surface area contributed by atoms with E-state index in [1.807, 2.05) is 37.5 Å². The van der Waals surface area contributed by atoms with E-state index < -0.39 is 0 Å². The first-order valence-corrected chi connectivity index (χ1v) is 8.43. The Bertz CT molecular complexity index is 753. The van der Waals surface area contributed by atoms with E-state index in [1.54, 1.807) is 22.8 Å². The Hall–Kier alpha value is -2.83. The van der Waals surface area contributed by atoms with Crippen molar-refractivity contribution in [2.45, 2.75) is 25.3 Å². The molecule has 25 heavy (non-hydrogen) atoms. The molecule has 7 heteroatoms. The average Bonchev–Trinajstić information content (AvgIpc) is 3.04. The first kappa shape index (κ1) is 17.0. The summed E-state index contributed by atoms with van der Waals surface area (Å²) in [5.74, 6) is 0.0453. The summed E-state index contributed by atoms with van der Waals surface area (Å²) in [5.41, 5.74) is 2.66. The molecule has 0 aliphatic carbocycles. The van der Waals surface area contributed by atoms with Crippen LogP contribution in [0.25, 0.3) is 0 Å². The largest absolute Gasteiger partial charge is 0.374 e. The Kier molecular flexibility index (Phi) is 5.02. The van der Waals surface area contributed by atoms with Crippen LogP contribution in [-0.4, -0.2) is 41.2 Å². The highest BCUT2D eigenvalue weighted by Gasteiger charge is 2.30. The first-order valence-electron chi connectivity index (χ1n) is 8.43. The number of anilines is 2. The normalized spacial score (nSPS) is 17.4. The maximum Gasteiger partial charge on any atom is 0.249 e. The van der Waals surface area contributed by atoms with Crippen molar-refractivity contribution >= 4 is 23.2 Å². The highest BCUT2D eigenvalue weighted by Crippen LogP contribution is 2.23. The number of likely N-dealkylation sites (N-methyl/N-ethyl adjacent to an activating group) is 1. The van der Waals surface area contributed by atoms with Crippen molar-refractivity contribution in [3.63, 3.8) is 0 Å². The minimum Gasteiger partial charge on any atom is -0.374 e. The molecule has 0 saturated carbocycles. The molecule has 2 N–H and O–H groups in total. The van der Waals surface area contributed by atoms with Crippen LogP contribution < -0.4 is 15.5 Å². The molecule has 1 aliphatic heterocycles. The van der Waals surface area contributed by atoms with Gasteiger partial charge in [0.15, 0.2) is 0 Å². The Morgan fingerprint density at radius 3 is 2.72 bits per heavy atom. The number of hydrogen-bond acceptors (Lipinski definition) is 4. The lowest BCUT2D eigenvalue weighted by Gasteiger charge is -2.32. The summed E-state index contributed by atoms with van der Waals surface area (Å²) in [5, 5.41) is 10.1. The lowest BCUT2D eigenvalue weighted by Crippen LogP contribution is -2.47. The van der Waals surface area contributed by atoms with Crippen molar-refractivity contribution in [2.75, 3.05) is 23.8 Å². The number of aryl methyl sites for hydroxylation is 1. The van der Waals surface area contributed by atoms with Crippen LogP contribution in [0.2, 0.25) is 0 Å². The fourth-order valence-corrected chi connectivity index (χ4v) is 3.01. The Morgan fingerprint density at radius 2 is 2.08 bits per heavy atom. The minimum absolute atomic E-state index is 0.0183. The van der Waals surface area contributed by atoms with Gasteiger partial charge >= 0.3 is 0 Å². The summed E-state index contributed by atoms with van der Waals surface area (Å²) in [6.45, 7) is 0.716. The first-order chi connectivity index (χ1) is 12.1. The van der Waals surface area contributed by atoms with Crippen molar-refractivity contribution in [3.8, 4) is 0 Å². The standard InChI is InChI=1S/C18H23N5O2/c1-19-17(24)10-13-5-7-14(8-6-13)21-16-4-3-9-23(18(16)25)15-11-20-22(2)12-15/h5-8,11-12,16,21H,3-4,9-10H2,1-2H3,(H,19,24)/t16-/m1/s1. The van der Waals surface area contributed by atoms with Crippen molar-refractivity contribution in [2.24, 2.45) is 7.05 Å². The number of nitrogens with one attached hydrogen (secondary N) is 2. The van der Waals surface area contributed by atoms with Gasteiger partial charge in [0.1, 0.15) is 6.04 Å². The Balaban J connectivity index is 1.65.